The summed E-state index contributed by atoms with van der Waals surface area (Å²) in [6.07, 6.45) is 2.02. The molecule has 1 aliphatic rings. The number of aliphatic imine (C=N–C) groups is 1. The fourth-order valence-corrected chi connectivity index (χ4v) is 2.37. The highest BCUT2D eigenvalue weighted by Gasteiger charge is 2.23. The minimum Gasteiger partial charge on any atom is -0.493 e. The number of carboxylic acid groups (broad SMARTS) is 2. The first-order valence-corrected chi connectivity index (χ1v) is 7.32. The molecule has 25 heavy (non-hydrogen) atoms. The van der Waals surface area contributed by atoms with Crippen molar-refractivity contribution < 1.29 is 34.0 Å². The van der Waals surface area contributed by atoms with Crippen molar-refractivity contribution >= 4 is 17.7 Å². The van der Waals surface area contributed by atoms with Crippen LogP contribution in [0.25, 0.3) is 0 Å². The first-order valence-electron chi connectivity index (χ1n) is 7.32. The molecule has 136 valence electrons. The summed E-state index contributed by atoms with van der Waals surface area (Å²) in [5, 5.41) is 15.6. The molecular formula is C17H21NO7. The van der Waals surface area contributed by atoms with Crippen molar-refractivity contribution in [2.75, 3.05) is 27.9 Å². The van der Waals surface area contributed by atoms with Gasteiger partial charge in [0.05, 0.1) is 21.3 Å². The van der Waals surface area contributed by atoms with Crippen LogP contribution < -0.4 is 14.2 Å². The second-order valence-corrected chi connectivity index (χ2v) is 4.91. The summed E-state index contributed by atoms with van der Waals surface area (Å²) in [5.74, 6) is -0.467. The SMILES string of the molecule is COc1cc2c(c(OC)c1OC)C(C)=NCC2.O=C(O)/C=C/C(=O)O. The summed E-state index contributed by atoms with van der Waals surface area (Å²) >= 11 is 0. The van der Waals surface area contributed by atoms with E-state index in [4.69, 9.17) is 24.4 Å². The largest absolute Gasteiger partial charge is 0.493 e. The van der Waals surface area contributed by atoms with Gasteiger partial charge in [0.2, 0.25) is 5.75 Å². The maximum absolute atomic E-state index is 9.55. The van der Waals surface area contributed by atoms with Gasteiger partial charge in [0.25, 0.3) is 0 Å². The molecule has 0 atom stereocenters. The molecular weight excluding hydrogens is 330 g/mol. The Hall–Kier alpha value is -3.03. The number of fused-ring (bicyclic) bond motifs is 1. The van der Waals surface area contributed by atoms with Crippen LogP contribution in [0.3, 0.4) is 0 Å². The number of carboxylic acids is 2. The lowest BCUT2D eigenvalue weighted by Gasteiger charge is -2.21. The van der Waals surface area contributed by atoms with Gasteiger partial charge in [-0.05, 0) is 25.0 Å². The van der Waals surface area contributed by atoms with Crippen LogP contribution in [0, 0.1) is 0 Å². The maximum Gasteiger partial charge on any atom is 0.328 e. The molecule has 2 rings (SSSR count). The van der Waals surface area contributed by atoms with Gasteiger partial charge in [0.1, 0.15) is 0 Å². The summed E-state index contributed by atoms with van der Waals surface area (Å²) in [6, 6.07) is 2.01. The average molecular weight is 351 g/mol. The minimum atomic E-state index is -1.26. The Labute approximate surface area is 145 Å². The smallest absolute Gasteiger partial charge is 0.328 e. The molecule has 0 fully saturated rings. The lowest BCUT2D eigenvalue weighted by Crippen LogP contribution is -2.13. The zero-order valence-corrected chi connectivity index (χ0v) is 14.5. The number of hydrogen-bond acceptors (Lipinski definition) is 6. The lowest BCUT2D eigenvalue weighted by atomic mass is 9.96. The molecule has 0 unspecified atom stereocenters. The van der Waals surface area contributed by atoms with E-state index >= 15 is 0 Å². The van der Waals surface area contributed by atoms with Crippen LogP contribution in [-0.4, -0.2) is 55.7 Å². The van der Waals surface area contributed by atoms with E-state index in [1.54, 1.807) is 21.3 Å². The van der Waals surface area contributed by atoms with Crippen LogP contribution in [0.2, 0.25) is 0 Å². The topological polar surface area (TPSA) is 115 Å². The van der Waals surface area contributed by atoms with Crippen LogP contribution in [0.15, 0.2) is 23.2 Å². The van der Waals surface area contributed by atoms with Crippen molar-refractivity contribution in [2.24, 2.45) is 4.99 Å². The third-order valence-electron chi connectivity index (χ3n) is 3.37. The Morgan fingerprint density at radius 3 is 2.04 bits per heavy atom. The van der Waals surface area contributed by atoms with E-state index in [2.05, 4.69) is 4.99 Å². The molecule has 1 aromatic carbocycles. The number of aliphatic carboxylic acids is 2. The zero-order chi connectivity index (χ0) is 19.0. The van der Waals surface area contributed by atoms with Gasteiger partial charge in [-0.2, -0.15) is 0 Å². The molecule has 0 bridgehead atoms. The van der Waals surface area contributed by atoms with Gasteiger partial charge < -0.3 is 24.4 Å². The van der Waals surface area contributed by atoms with E-state index in [0.29, 0.717) is 29.4 Å². The van der Waals surface area contributed by atoms with Crippen LogP contribution in [0.1, 0.15) is 18.1 Å². The normalized spacial score (nSPS) is 12.4. The van der Waals surface area contributed by atoms with Gasteiger partial charge in [0, 0.05) is 30.0 Å². The summed E-state index contributed by atoms with van der Waals surface area (Å²) in [6.45, 7) is 2.81. The number of carbonyl (C=O) groups is 2. The molecule has 0 amide bonds. The maximum atomic E-state index is 9.55. The van der Waals surface area contributed by atoms with Gasteiger partial charge in [-0.15, -0.1) is 0 Å². The van der Waals surface area contributed by atoms with Crippen molar-refractivity contribution in [3.63, 3.8) is 0 Å². The van der Waals surface area contributed by atoms with Gasteiger partial charge >= 0.3 is 11.9 Å². The molecule has 1 heterocycles. The second kappa shape index (κ2) is 9.31. The molecule has 1 aromatic rings. The van der Waals surface area contributed by atoms with Crippen LogP contribution in [-0.2, 0) is 16.0 Å². The zero-order valence-electron chi connectivity index (χ0n) is 14.5. The number of hydrogen-bond donors (Lipinski definition) is 2. The molecule has 0 spiro atoms. The summed E-state index contributed by atoms with van der Waals surface area (Å²) in [7, 11) is 4.88. The first kappa shape index (κ1) is 20.0. The standard InChI is InChI=1S/C13H17NO3.C4H4O4/c1-8-11-9(5-6-14-8)7-10(15-2)12(16-3)13(11)17-4;5-3(6)1-2-4(7)8/h7H,5-6H2,1-4H3;1-2H,(H,5,6)(H,7,8)/b;2-1+. The molecule has 8 nitrogen and oxygen atoms in total. The third-order valence-corrected chi connectivity index (χ3v) is 3.37. The van der Waals surface area contributed by atoms with Crippen molar-refractivity contribution in [1.82, 2.24) is 0 Å². The van der Waals surface area contributed by atoms with Crippen molar-refractivity contribution in [3.8, 4) is 17.2 Å². The summed E-state index contributed by atoms with van der Waals surface area (Å²) in [5.41, 5.74) is 3.23. The molecule has 0 radical (unpaired) electrons. The fraction of sp³-hybridized carbons (Fsp3) is 0.353. The average Bonchev–Trinajstić information content (AvgIpc) is 2.58. The quantitative estimate of drug-likeness (QED) is 0.777. The predicted octanol–water partition coefficient (Wildman–Crippen LogP) is 1.79. The number of methoxy groups -OCH3 is 3. The van der Waals surface area contributed by atoms with E-state index in [0.717, 1.165) is 24.2 Å². The van der Waals surface area contributed by atoms with Crippen molar-refractivity contribution in [3.05, 3.63) is 29.3 Å². The van der Waals surface area contributed by atoms with Crippen LogP contribution >= 0.6 is 0 Å². The van der Waals surface area contributed by atoms with Crippen molar-refractivity contribution in [2.45, 2.75) is 13.3 Å². The van der Waals surface area contributed by atoms with E-state index < -0.39 is 11.9 Å². The molecule has 0 aromatic heterocycles. The first-order chi connectivity index (χ1) is 11.8. The Morgan fingerprint density at radius 1 is 1.04 bits per heavy atom. The monoisotopic (exact) mass is 351 g/mol. The highest BCUT2D eigenvalue weighted by atomic mass is 16.5. The molecule has 0 saturated heterocycles. The molecule has 0 aliphatic carbocycles. The molecule has 8 heteroatoms. The van der Waals surface area contributed by atoms with Gasteiger partial charge in [0.15, 0.2) is 11.5 Å². The van der Waals surface area contributed by atoms with Crippen LogP contribution in [0.4, 0.5) is 0 Å². The van der Waals surface area contributed by atoms with Gasteiger partial charge in [-0.1, -0.05) is 0 Å². The minimum absolute atomic E-state index is 0.558. The number of benzene rings is 1. The fourth-order valence-electron chi connectivity index (χ4n) is 2.37. The number of nitrogens with zero attached hydrogens (tertiary/aromatic N) is 1. The summed E-state index contributed by atoms with van der Waals surface area (Å²) < 4.78 is 16.2. The highest BCUT2D eigenvalue weighted by molar-refractivity contribution is 6.04. The Bertz CT molecular complexity index is 691. The van der Waals surface area contributed by atoms with E-state index in [-0.39, 0.29) is 0 Å². The predicted molar refractivity (Wildman–Crippen MR) is 91.3 cm³/mol. The third kappa shape index (κ3) is 5.23. The Morgan fingerprint density at radius 2 is 1.60 bits per heavy atom. The van der Waals surface area contributed by atoms with E-state index in [1.165, 1.54) is 5.56 Å². The summed E-state index contributed by atoms with van der Waals surface area (Å²) in [4.78, 5) is 23.6. The van der Waals surface area contributed by atoms with Crippen LogP contribution in [0.5, 0.6) is 17.2 Å². The highest BCUT2D eigenvalue weighted by Crippen LogP contribution is 2.43. The van der Waals surface area contributed by atoms with E-state index in [1.807, 2.05) is 13.0 Å². The molecule has 1 aliphatic heterocycles. The lowest BCUT2D eigenvalue weighted by molar-refractivity contribution is -0.134. The molecule has 0 saturated carbocycles. The Kier molecular flexibility index (Phi) is 7.45. The number of ether oxygens (including phenoxy) is 3. The number of rotatable bonds is 5. The Balaban J connectivity index is 0.000000333. The van der Waals surface area contributed by atoms with Gasteiger partial charge in [-0.25, -0.2) is 9.59 Å². The second-order valence-electron chi connectivity index (χ2n) is 4.91. The van der Waals surface area contributed by atoms with Gasteiger partial charge in [-0.3, -0.25) is 4.99 Å². The van der Waals surface area contributed by atoms with Crippen molar-refractivity contribution in [1.29, 1.82) is 0 Å². The van der Waals surface area contributed by atoms with E-state index in [9.17, 15) is 9.59 Å². The molecule has 2 N–H and O–H groups in total.